The minimum atomic E-state index is -2.54. The lowest BCUT2D eigenvalue weighted by Crippen LogP contribution is -2.11. The molecule has 0 aliphatic heterocycles. The van der Waals surface area contributed by atoms with Crippen LogP contribution in [0, 0.1) is 0 Å². The topological polar surface area (TPSA) is 110 Å². The van der Waals surface area contributed by atoms with Gasteiger partial charge in [-0.2, -0.15) is 0 Å². The predicted molar refractivity (Wildman–Crippen MR) is 349 cm³/mol. The normalized spacial score (nSPS) is 12.1. The molecule has 0 aliphatic rings. The molecule has 0 saturated heterocycles. The van der Waals surface area contributed by atoms with Crippen molar-refractivity contribution in [3.05, 3.63) is 295 Å². The van der Waals surface area contributed by atoms with Gasteiger partial charge in [0, 0.05) is 65.8 Å². The van der Waals surface area contributed by atoms with Gasteiger partial charge in [-0.3, -0.25) is 0 Å². The molecule has 0 aliphatic carbocycles. The zero-order chi connectivity index (χ0) is 58.3. The fourth-order valence-electron chi connectivity index (χ4n) is 13.0. The Kier molecular flexibility index (Phi) is 12.4. The predicted octanol–water partition coefficient (Wildman–Crippen LogP) is 18.0. The maximum atomic E-state index is 14.2. The van der Waals surface area contributed by atoms with Gasteiger partial charge in [-0.1, -0.05) is 158 Å². The summed E-state index contributed by atoms with van der Waals surface area (Å²) in [6.45, 7) is -0.244. The van der Waals surface area contributed by atoms with Crippen LogP contribution in [-0.2, 0) is 33.8 Å². The van der Waals surface area contributed by atoms with Gasteiger partial charge in [-0.25, -0.2) is 13.8 Å². The van der Waals surface area contributed by atoms with Gasteiger partial charge in [0.05, 0.1) is 60.2 Å². The summed E-state index contributed by atoms with van der Waals surface area (Å²) in [5.74, 6) is -1.55. The first kappa shape index (κ1) is 51.5. The maximum Gasteiger partial charge on any atom is 0.338 e. The highest BCUT2D eigenvalue weighted by molar-refractivity contribution is 7.79. The summed E-state index contributed by atoms with van der Waals surface area (Å²) in [4.78, 5) is 28.1. The highest BCUT2D eigenvalue weighted by atomic mass is 32.2. The molecule has 1 atom stereocenters. The number of para-hydroxylation sites is 7. The lowest BCUT2D eigenvalue weighted by Gasteiger charge is -2.16. The number of fused-ring (bicyclic) bond motifs is 12. The van der Waals surface area contributed by atoms with Crippen LogP contribution in [0.5, 0.6) is 0 Å². The molecular formula is C76H50N4O6S. The van der Waals surface area contributed by atoms with Crippen LogP contribution in [-0.4, -0.2) is 39.0 Å². The number of nitrogens with zero attached hydrogens (tertiary/aromatic N) is 4. The number of rotatable bonds is 12. The van der Waals surface area contributed by atoms with E-state index < -0.39 is 23.0 Å². The molecule has 10 nitrogen and oxygen atoms in total. The standard InChI is InChI=1S/C76H50N4O6S/c81-75(85-46-48-29-38-74-66(41-48)65-21-7-14-28-73(65)78(74)55-36-32-51(33-37-55)50-30-34-54(35-31-50)77-67-22-8-1-15-59(67)60-16-2-9-23-68(60)77)52-42-53(44-58(43-52)87(83)84)76(82)86-47-49-39-56(79-69-24-10-3-17-61(69)62-18-4-11-25-70(62)79)45-57(40-49)80-71-26-12-5-19-63(71)64-20-6-13-27-72(64)80/h1-45H,46-47H2,(H,83,84). The van der Waals surface area contributed by atoms with Gasteiger partial charge >= 0.3 is 11.9 Å². The number of esters is 2. The van der Waals surface area contributed by atoms with Crippen molar-refractivity contribution in [3.63, 3.8) is 0 Å². The van der Waals surface area contributed by atoms with E-state index in [1.807, 2.05) is 91.0 Å². The number of aromatic nitrogens is 4. The summed E-state index contributed by atoms with van der Waals surface area (Å²) in [7, 11) is 0. The number of benzene rings is 12. The third-order valence-corrected chi connectivity index (χ3v) is 17.5. The molecule has 11 heteroatoms. The lowest BCUT2D eigenvalue weighted by atomic mass is 10.0. The average molecular weight is 1150 g/mol. The first-order chi connectivity index (χ1) is 42.8. The van der Waals surface area contributed by atoms with E-state index in [-0.39, 0.29) is 29.2 Å². The van der Waals surface area contributed by atoms with E-state index in [4.69, 9.17) is 9.47 Å². The minimum absolute atomic E-state index is 0.0657. The van der Waals surface area contributed by atoms with Crippen LogP contribution in [0.4, 0.5) is 0 Å². The van der Waals surface area contributed by atoms with E-state index in [0.717, 1.165) is 105 Å². The molecule has 0 saturated carbocycles. The van der Waals surface area contributed by atoms with Crippen molar-refractivity contribution in [3.8, 4) is 33.9 Å². The van der Waals surface area contributed by atoms with Gasteiger partial charge in [0.25, 0.3) is 0 Å². The molecule has 4 aromatic heterocycles. The van der Waals surface area contributed by atoms with Crippen molar-refractivity contribution < 1.29 is 27.8 Å². The van der Waals surface area contributed by atoms with Gasteiger partial charge in [-0.05, 0) is 138 Å². The third-order valence-electron chi connectivity index (χ3n) is 16.9. The molecule has 1 unspecified atom stereocenters. The smallest absolute Gasteiger partial charge is 0.338 e. The summed E-state index contributed by atoms with van der Waals surface area (Å²) in [6.07, 6.45) is 0. The molecule has 0 fully saturated rings. The van der Waals surface area contributed by atoms with E-state index in [1.165, 1.54) is 40.0 Å². The van der Waals surface area contributed by atoms with E-state index in [9.17, 15) is 18.4 Å². The molecule has 0 radical (unpaired) electrons. The number of hydrogen-bond donors (Lipinski definition) is 1. The molecule has 416 valence electrons. The van der Waals surface area contributed by atoms with Crippen molar-refractivity contribution in [2.45, 2.75) is 18.1 Å². The Hall–Kier alpha value is -11.1. The number of hydrogen-bond acceptors (Lipinski definition) is 5. The zero-order valence-corrected chi connectivity index (χ0v) is 47.4. The lowest BCUT2D eigenvalue weighted by molar-refractivity contribution is 0.0469. The van der Waals surface area contributed by atoms with E-state index in [0.29, 0.717) is 5.56 Å². The Balaban J connectivity index is 0.663. The fraction of sp³-hybridized carbons (Fsp3) is 0.0263. The molecule has 0 bridgehead atoms. The Labute approximate surface area is 500 Å². The van der Waals surface area contributed by atoms with Gasteiger partial charge in [0.1, 0.15) is 13.2 Å². The highest BCUT2D eigenvalue weighted by Gasteiger charge is 2.22. The largest absolute Gasteiger partial charge is 0.457 e. The monoisotopic (exact) mass is 1150 g/mol. The van der Waals surface area contributed by atoms with Crippen LogP contribution in [0.25, 0.3) is 121 Å². The van der Waals surface area contributed by atoms with Crippen molar-refractivity contribution in [1.29, 1.82) is 0 Å². The second-order valence-corrected chi connectivity index (χ2v) is 22.9. The quantitative estimate of drug-likeness (QED) is 0.0964. The van der Waals surface area contributed by atoms with Crippen molar-refractivity contribution in [2.75, 3.05) is 0 Å². The summed E-state index contributed by atoms with van der Waals surface area (Å²) >= 11 is -2.54. The number of ether oxygens (including phenoxy) is 2. The van der Waals surface area contributed by atoms with Gasteiger partial charge in [0.15, 0.2) is 11.1 Å². The third kappa shape index (κ3) is 8.78. The summed E-state index contributed by atoms with van der Waals surface area (Å²) in [5, 5.41) is 8.91. The molecule has 16 rings (SSSR count). The van der Waals surface area contributed by atoms with Crippen LogP contribution < -0.4 is 0 Å². The molecular weight excluding hydrogens is 1100 g/mol. The molecule has 87 heavy (non-hydrogen) atoms. The second-order valence-electron chi connectivity index (χ2n) is 21.9. The van der Waals surface area contributed by atoms with E-state index in [1.54, 1.807) is 0 Å². The maximum absolute atomic E-state index is 14.2. The molecule has 12 aromatic carbocycles. The summed E-state index contributed by atoms with van der Waals surface area (Å²) < 4.78 is 44.1. The summed E-state index contributed by atoms with van der Waals surface area (Å²) in [5.41, 5.74) is 15.8. The highest BCUT2D eigenvalue weighted by Crippen LogP contribution is 2.39. The van der Waals surface area contributed by atoms with E-state index >= 15 is 0 Å². The van der Waals surface area contributed by atoms with Crippen LogP contribution in [0.2, 0.25) is 0 Å². The molecule has 4 heterocycles. The Morgan fingerprint density at radius 1 is 0.310 bits per heavy atom. The first-order valence-electron chi connectivity index (χ1n) is 28.7. The first-order valence-corrected chi connectivity index (χ1v) is 29.8. The Bertz CT molecular complexity index is 5210. The van der Waals surface area contributed by atoms with E-state index in [2.05, 4.69) is 182 Å². The average Bonchev–Trinajstić information content (AvgIpc) is 1.80. The van der Waals surface area contributed by atoms with Gasteiger partial charge in [0.2, 0.25) is 0 Å². The van der Waals surface area contributed by atoms with Crippen LogP contribution in [0.15, 0.2) is 278 Å². The molecule has 16 aromatic rings. The Morgan fingerprint density at radius 3 is 0.977 bits per heavy atom. The number of carbonyl (C=O) groups is 2. The van der Waals surface area contributed by atoms with Crippen LogP contribution in [0.3, 0.4) is 0 Å². The van der Waals surface area contributed by atoms with Gasteiger partial charge in [-0.15, -0.1) is 0 Å². The number of carbonyl (C=O) groups excluding carboxylic acids is 2. The van der Waals surface area contributed by atoms with Crippen molar-refractivity contribution >= 4 is 110 Å². The Morgan fingerprint density at radius 2 is 0.621 bits per heavy atom. The molecule has 1 N–H and O–H groups in total. The minimum Gasteiger partial charge on any atom is -0.457 e. The van der Waals surface area contributed by atoms with Crippen molar-refractivity contribution in [1.82, 2.24) is 18.3 Å². The van der Waals surface area contributed by atoms with Crippen LogP contribution in [0.1, 0.15) is 31.8 Å². The molecule has 0 spiro atoms. The van der Waals surface area contributed by atoms with Crippen LogP contribution >= 0.6 is 0 Å². The molecule has 0 amide bonds. The van der Waals surface area contributed by atoms with Crippen molar-refractivity contribution in [2.24, 2.45) is 0 Å². The van der Waals surface area contributed by atoms with Gasteiger partial charge < -0.3 is 32.3 Å². The zero-order valence-electron chi connectivity index (χ0n) is 46.6. The summed E-state index contributed by atoms with van der Waals surface area (Å²) in [6, 6.07) is 91.9. The second kappa shape index (κ2) is 20.9. The fourth-order valence-corrected chi connectivity index (χ4v) is 13.4. The SMILES string of the molecule is O=C(OCc1cc(-n2c3ccccc3c3ccccc32)cc(-n2c3ccccc3c3ccccc32)c1)c1cc(C(=O)OCc2ccc3c(c2)c2ccccc2n3-c2ccc(-c3ccc(-n4c5ccccc5c5ccccc54)cc3)cc2)cc(S(=O)O)c1.